The Bertz CT molecular complexity index is 194. The second-order valence-corrected chi connectivity index (χ2v) is 4.60. The van der Waals surface area contributed by atoms with E-state index in [1.54, 1.807) is 0 Å². The highest BCUT2D eigenvalue weighted by Gasteiger charge is 2.02. The zero-order chi connectivity index (χ0) is 7.56. The van der Waals surface area contributed by atoms with Crippen molar-refractivity contribution in [3.63, 3.8) is 0 Å². The van der Waals surface area contributed by atoms with Crippen molar-refractivity contribution in [3.8, 4) is 0 Å². The molecule has 0 unspecified atom stereocenters. The highest BCUT2D eigenvalue weighted by atomic mass is 32.2. The second-order valence-electron chi connectivity index (χ2n) is 2.24. The van der Waals surface area contributed by atoms with E-state index in [1.807, 2.05) is 23.1 Å². The van der Waals surface area contributed by atoms with E-state index in [0.29, 0.717) is 0 Å². The van der Waals surface area contributed by atoms with Crippen molar-refractivity contribution in [3.05, 3.63) is 15.8 Å². The number of thioether (sulfide) groups is 1. The van der Waals surface area contributed by atoms with Gasteiger partial charge in [-0.3, -0.25) is 0 Å². The Morgan fingerprint density at radius 2 is 2.20 bits per heavy atom. The van der Waals surface area contributed by atoms with Gasteiger partial charge in [0.2, 0.25) is 0 Å². The maximum atomic E-state index is 2.23. The first-order valence-corrected chi connectivity index (χ1v) is 5.29. The van der Waals surface area contributed by atoms with Gasteiger partial charge < -0.3 is 0 Å². The van der Waals surface area contributed by atoms with E-state index in [9.17, 15) is 0 Å². The minimum Gasteiger partial charge on any atom is -0.148 e. The van der Waals surface area contributed by atoms with Gasteiger partial charge in [-0.15, -0.1) is 23.1 Å². The van der Waals surface area contributed by atoms with Crippen LogP contribution in [0.1, 0.15) is 17.4 Å². The summed E-state index contributed by atoms with van der Waals surface area (Å²) in [6.45, 7) is 6.57. The van der Waals surface area contributed by atoms with Gasteiger partial charge in [-0.25, -0.2) is 0 Å². The third kappa shape index (κ3) is 1.55. The van der Waals surface area contributed by atoms with Gasteiger partial charge in [0.1, 0.15) is 0 Å². The Hall–Kier alpha value is 0.0500. The Morgan fingerprint density at radius 1 is 1.50 bits per heavy atom. The first-order chi connectivity index (χ1) is 4.75. The van der Waals surface area contributed by atoms with Crippen LogP contribution in [-0.4, -0.2) is 5.75 Å². The lowest BCUT2D eigenvalue weighted by Crippen LogP contribution is -1.74. The number of rotatable bonds is 2. The van der Waals surface area contributed by atoms with Crippen LogP contribution in [0.15, 0.2) is 10.3 Å². The van der Waals surface area contributed by atoms with E-state index in [-0.39, 0.29) is 0 Å². The molecule has 0 aliphatic rings. The molecular formula is C8H12S2. The van der Waals surface area contributed by atoms with E-state index in [2.05, 4.69) is 26.2 Å². The maximum Gasteiger partial charge on any atom is 0.0237 e. The molecule has 1 rings (SSSR count). The Labute approximate surface area is 70.7 Å². The Balaban J connectivity index is 2.87. The number of aryl methyl sites for hydroxylation is 2. The van der Waals surface area contributed by atoms with Gasteiger partial charge in [-0.2, -0.15) is 0 Å². The molecule has 0 aromatic carbocycles. The highest BCUT2D eigenvalue weighted by Crippen LogP contribution is 2.30. The lowest BCUT2D eigenvalue weighted by atomic mass is 10.3. The molecule has 0 atom stereocenters. The van der Waals surface area contributed by atoms with E-state index in [4.69, 9.17) is 0 Å². The molecule has 2 heteroatoms. The molecule has 1 aromatic heterocycles. The molecular weight excluding hydrogens is 160 g/mol. The molecule has 56 valence electrons. The average Bonchev–Trinajstić information content (AvgIpc) is 2.20. The summed E-state index contributed by atoms with van der Waals surface area (Å²) in [5.41, 5.74) is 1.44. The van der Waals surface area contributed by atoms with Gasteiger partial charge in [0.05, 0.1) is 0 Å². The molecule has 1 aromatic rings. The lowest BCUT2D eigenvalue weighted by Gasteiger charge is -1.96. The molecule has 0 aliphatic heterocycles. The van der Waals surface area contributed by atoms with Crippen molar-refractivity contribution in [2.75, 3.05) is 5.75 Å². The van der Waals surface area contributed by atoms with Gasteiger partial charge in [0.25, 0.3) is 0 Å². The second kappa shape index (κ2) is 3.44. The summed E-state index contributed by atoms with van der Waals surface area (Å²) in [5, 5.41) is 2.23. The third-order valence-electron chi connectivity index (χ3n) is 1.38. The number of hydrogen-bond acceptors (Lipinski definition) is 2. The van der Waals surface area contributed by atoms with Gasteiger partial charge in [0, 0.05) is 9.77 Å². The minimum atomic E-state index is 1.18. The van der Waals surface area contributed by atoms with Crippen molar-refractivity contribution < 1.29 is 0 Å². The minimum absolute atomic E-state index is 1.18. The topological polar surface area (TPSA) is 0 Å². The van der Waals surface area contributed by atoms with Crippen molar-refractivity contribution >= 4 is 23.1 Å². The first-order valence-electron chi connectivity index (χ1n) is 3.43. The molecule has 10 heavy (non-hydrogen) atoms. The standard InChI is InChI=1S/C8H12S2/c1-4-9-8-6(2)5-10-7(8)3/h5H,4H2,1-3H3. The average molecular weight is 172 g/mol. The van der Waals surface area contributed by atoms with Gasteiger partial charge in [-0.1, -0.05) is 6.92 Å². The Morgan fingerprint density at radius 3 is 2.60 bits per heavy atom. The molecule has 0 bridgehead atoms. The summed E-state index contributed by atoms with van der Waals surface area (Å²) in [4.78, 5) is 2.96. The monoisotopic (exact) mass is 172 g/mol. The zero-order valence-electron chi connectivity index (χ0n) is 6.60. The van der Waals surface area contributed by atoms with Gasteiger partial charge in [-0.05, 0) is 30.5 Å². The fraction of sp³-hybridized carbons (Fsp3) is 0.500. The van der Waals surface area contributed by atoms with E-state index in [0.717, 1.165) is 0 Å². The van der Waals surface area contributed by atoms with E-state index in [1.165, 1.54) is 21.1 Å². The van der Waals surface area contributed by atoms with Crippen molar-refractivity contribution in [2.24, 2.45) is 0 Å². The molecule has 0 spiro atoms. The predicted octanol–water partition coefficient (Wildman–Crippen LogP) is 3.48. The van der Waals surface area contributed by atoms with Crippen LogP contribution in [0.25, 0.3) is 0 Å². The molecule has 0 nitrogen and oxygen atoms in total. The molecule has 0 radical (unpaired) electrons. The van der Waals surface area contributed by atoms with Crippen LogP contribution in [-0.2, 0) is 0 Å². The normalized spacial score (nSPS) is 10.3. The number of thiophene rings is 1. The van der Waals surface area contributed by atoms with Crippen LogP contribution in [0.2, 0.25) is 0 Å². The highest BCUT2D eigenvalue weighted by molar-refractivity contribution is 7.99. The van der Waals surface area contributed by atoms with E-state index >= 15 is 0 Å². The van der Waals surface area contributed by atoms with Crippen molar-refractivity contribution in [1.29, 1.82) is 0 Å². The summed E-state index contributed by atoms with van der Waals surface area (Å²) < 4.78 is 0. The largest absolute Gasteiger partial charge is 0.148 e. The lowest BCUT2D eigenvalue weighted by molar-refractivity contribution is 1.30. The molecule has 0 fully saturated rings. The van der Waals surface area contributed by atoms with Crippen LogP contribution in [0.3, 0.4) is 0 Å². The summed E-state index contributed by atoms with van der Waals surface area (Å²) in [6, 6.07) is 0. The van der Waals surface area contributed by atoms with Crippen LogP contribution < -0.4 is 0 Å². The summed E-state index contributed by atoms with van der Waals surface area (Å²) >= 11 is 3.80. The summed E-state index contributed by atoms with van der Waals surface area (Å²) in [7, 11) is 0. The SMILES string of the molecule is CCSc1c(C)csc1C. The molecule has 0 N–H and O–H groups in total. The molecule has 0 aliphatic carbocycles. The fourth-order valence-electron chi connectivity index (χ4n) is 0.921. The third-order valence-corrected chi connectivity index (χ3v) is 3.74. The van der Waals surface area contributed by atoms with E-state index < -0.39 is 0 Å². The molecule has 0 amide bonds. The van der Waals surface area contributed by atoms with Crippen LogP contribution in [0.4, 0.5) is 0 Å². The van der Waals surface area contributed by atoms with Crippen LogP contribution in [0.5, 0.6) is 0 Å². The smallest absolute Gasteiger partial charge is 0.0237 e. The number of hydrogen-bond donors (Lipinski definition) is 0. The quantitative estimate of drug-likeness (QED) is 0.615. The van der Waals surface area contributed by atoms with Gasteiger partial charge >= 0.3 is 0 Å². The van der Waals surface area contributed by atoms with Crippen molar-refractivity contribution in [2.45, 2.75) is 25.7 Å². The molecule has 0 saturated heterocycles. The fourth-order valence-corrected chi connectivity index (χ4v) is 2.83. The summed E-state index contributed by atoms with van der Waals surface area (Å²) in [6.07, 6.45) is 0. The van der Waals surface area contributed by atoms with Gasteiger partial charge in [0.15, 0.2) is 0 Å². The van der Waals surface area contributed by atoms with Crippen LogP contribution in [0, 0.1) is 13.8 Å². The predicted molar refractivity (Wildman–Crippen MR) is 50.2 cm³/mol. The maximum absolute atomic E-state index is 2.23. The summed E-state index contributed by atoms with van der Waals surface area (Å²) in [5.74, 6) is 1.18. The van der Waals surface area contributed by atoms with Crippen LogP contribution >= 0.6 is 23.1 Å². The Kier molecular flexibility index (Phi) is 2.81. The molecule has 1 heterocycles. The zero-order valence-corrected chi connectivity index (χ0v) is 8.23. The first kappa shape index (κ1) is 8.15. The molecule has 0 saturated carbocycles. The van der Waals surface area contributed by atoms with Crippen molar-refractivity contribution in [1.82, 2.24) is 0 Å².